The van der Waals surface area contributed by atoms with E-state index in [1.54, 1.807) is 23.1 Å². The highest BCUT2D eigenvalue weighted by Gasteiger charge is 2.19. The van der Waals surface area contributed by atoms with Crippen LogP contribution in [0.5, 0.6) is 0 Å². The minimum absolute atomic E-state index is 0.0384. The van der Waals surface area contributed by atoms with E-state index in [2.05, 4.69) is 15.3 Å². The van der Waals surface area contributed by atoms with Gasteiger partial charge in [-0.05, 0) is 18.2 Å². The first-order chi connectivity index (χ1) is 11.5. The number of hydrogen-bond donors (Lipinski definition) is 1. The monoisotopic (exact) mass is 351 g/mol. The van der Waals surface area contributed by atoms with Crippen LogP contribution in [-0.2, 0) is 11.3 Å². The standard InChI is InChI=1S/C14H11F2N5O2S/c15-9-2-3-11(10(16)6-9)21-12(7-20-5-1-4-17-20)18-19-14(21)24-8-13(22)23/h1-6H,7-8H2,(H,22,23). The van der Waals surface area contributed by atoms with Crippen LogP contribution < -0.4 is 0 Å². The van der Waals surface area contributed by atoms with E-state index in [-0.39, 0.29) is 23.1 Å². The topological polar surface area (TPSA) is 85.8 Å². The van der Waals surface area contributed by atoms with Gasteiger partial charge in [-0.25, -0.2) is 8.78 Å². The van der Waals surface area contributed by atoms with E-state index < -0.39 is 17.6 Å². The fraction of sp³-hybridized carbons (Fsp3) is 0.143. The third-order valence-electron chi connectivity index (χ3n) is 3.04. The van der Waals surface area contributed by atoms with Crippen LogP contribution in [0.4, 0.5) is 8.78 Å². The molecule has 0 fully saturated rings. The summed E-state index contributed by atoms with van der Waals surface area (Å²) in [7, 11) is 0. The molecule has 2 aromatic heterocycles. The predicted octanol–water partition coefficient (Wildman–Crippen LogP) is 1.97. The molecule has 0 unspecified atom stereocenters. The van der Waals surface area contributed by atoms with Crippen LogP contribution in [0.2, 0.25) is 0 Å². The molecule has 24 heavy (non-hydrogen) atoms. The molecule has 0 amide bonds. The minimum Gasteiger partial charge on any atom is -0.481 e. The average Bonchev–Trinajstić information content (AvgIpc) is 3.16. The Morgan fingerprint density at radius 1 is 1.29 bits per heavy atom. The lowest BCUT2D eigenvalue weighted by molar-refractivity contribution is -0.133. The van der Waals surface area contributed by atoms with Gasteiger partial charge in [0.05, 0.1) is 11.4 Å². The maximum Gasteiger partial charge on any atom is 0.313 e. The molecule has 7 nitrogen and oxygen atoms in total. The van der Waals surface area contributed by atoms with Crippen molar-refractivity contribution in [1.82, 2.24) is 24.5 Å². The van der Waals surface area contributed by atoms with Crippen LogP contribution in [0, 0.1) is 11.6 Å². The SMILES string of the molecule is O=C(O)CSc1nnc(Cn2cccn2)n1-c1ccc(F)cc1F. The summed E-state index contributed by atoms with van der Waals surface area (Å²) in [5.41, 5.74) is 0.0384. The van der Waals surface area contributed by atoms with Crippen molar-refractivity contribution < 1.29 is 18.7 Å². The number of carboxylic acids is 1. The summed E-state index contributed by atoms with van der Waals surface area (Å²) in [4.78, 5) is 10.8. The number of thioether (sulfide) groups is 1. The van der Waals surface area contributed by atoms with Crippen LogP contribution in [0.15, 0.2) is 41.8 Å². The molecule has 1 aromatic carbocycles. The number of aromatic nitrogens is 5. The van der Waals surface area contributed by atoms with Gasteiger partial charge in [-0.1, -0.05) is 11.8 Å². The maximum atomic E-state index is 14.2. The summed E-state index contributed by atoms with van der Waals surface area (Å²) in [6, 6.07) is 4.84. The Morgan fingerprint density at radius 3 is 2.79 bits per heavy atom. The van der Waals surface area contributed by atoms with E-state index in [0.717, 1.165) is 23.9 Å². The summed E-state index contributed by atoms with van der Waals surface area (Å²) >= 11 is 0.896. The molecule has 0 bridgehead atoms. The zero-order chi connectivity index (χ0) is 17.1. The lowest BCUT2D eigenvalue weighted by Gasteiger charge is -2.11. The molecule has 3 rings (SSSR count). The van der Waals surface area contributed by atoms with Crippen molar-refractivity contribution >= 4 is 17.7 Å². The lowest BCUT2D eigenvalue weighted by atomic mass is 10.3. The molecule has 3 aromatic rings. The van der Waals surface area contributed by atoms with Gasteiger partial charge in [-0.3, -0.25) is 14.0 Å². The molecule has 0 aliphatic carbocycles. The molecule has 2 heterocycles. The van der Waals surface area contributed by atoms with Crippen molar-refractivity contribution in [1.29, 1.82) is 0 Å². The predicted molar refractivity (Wildman–Crippen MR) is 81.0 cm³/mol. The maximum absolute atomic E-state index is 14.2. The highest BCUT2D eigenvalue weighted by atomic mass is 32.2. The summed E-state index contributed by atoms with van der Waals surface area (Å²) in [5, 5.41) is 21.0. The molecule has 1 N–H and O–H groups in total. The second-order valence-electron chi connectivity index (χ2n) is 4.72. The van der Waals surface area contributed by atoms with Gasteiger partial charge in [0, 0.05) is 18.5 Å². The fourth-order valence-corrected chi connectivity index (χ4v) is 2.75. The van der Waals surface area contributed by atoms with Crippen LogP contribution in [0.1, 0.15) is 5.82 Å². The molecule has 0 aliphatic rings. The quantitative estimate of drug-likeness (QED) is 0.684. The van der Waals surface area contributed by atoms with Gasteiger partial charge in [0.15, 0.2) is 11.0 Å². The Labute approximate surface area is 138 Å². The van der Waals surface area contributed by atoms with E-state index >= 15 is 0 Å². The lowest BCUT2D eigenvalue weighted by Crippen LogP contribution is -2.10. The Kier molecular flexibility index (Phi) is 4.56. The van der Waals surface area contributed by atoms with Gasteiger partial charge in [-0.15, -0.1) is 10.2 Å². The van der Waals surface area contributed by atoms with E-state index in [9.17, 15) is 13.6 Å². The Morgan fingerprint density at radius 2 is 2.12 bits per heavy atom. The highest BCUT2D eigenvalue weighted by Crippen LogP contribution is 2.24. The number of benzene rings is 1. The summed E-state index contributed by atoms with van der Waals surface area (Å²) in [6.07, 6.45) is 3.28. The van der Waals surface area contributed by atoms with E-state index in [4.69, 9.17) is 5.11 Å². The van der Waals surface area contributed by atoms with Crippen LogP contribution in [-0.4, -0.2) is 41.4 Å². The van der Waals surface area contributed by atoms with Crippen molar-refractivity contribution in [3.8, 4) is 5.69 Å². The van der Waals surface area contributed by atoms with Gasteiger partial charge in [0.2, 0.25) is 0 Å². The van der Waals surface area contributed by atoms with Crippen LogP contribution in [0.25, 0.3) is 5.69 Å². The molecule has 0 saturated heterocycles. The van der Waals surface area contributed by atoms with Gasteiger partial charge in [0.25, 0.3) is 0 Å². The molecule has 0 aliphatic heterocycles. The zero-order valence-corrected chi connectivity index (χ0v) is 13.0. The van der Waals surface area contributed by atoms with Crippen molar-refractivity contribution in [2.24, 2.45) is 0 Å². The van der Waals surface area contributed by atoms with Gasteiger partial charge in [-0.2, -0.15) is 5.10 Å². The van der Waals surface area contributed by atoms with Gasteiger partial charge >= 0.3 is 5.97 Å². The Bertz CT molecular complexity index is 866. The van der Waals surface area contributed by atoms with E-state index in [1.165, 1.54) is 10.6 Å². The minimum atomic E-state index is -1.04. The smallest absolute Gasteiger partial charge is 0.313 e. The average molecular weight is 351 g/mol. The Balaban J connectivity index is 2.04. The summed E-state index contributed by atoms with van der Waals surface area (Å²) < 4.78 is 30.3. The molecule has 0 spiro atoms. The molecule has 0 atom stereocenters. The number of carbonyl (C=O) groups is 1. The molecule has 124 valence electrons. The number of aliphatic carboxylic acids is 1. The number of rotatable bonds is 6. The molecular formula is C14H11F2N5O2S. The van der Waals surface area contributed by atoms with E-state index in [0.29, 0.717) is 5.82 Å². The molecule has 10 heteroatoms. The molecule has 0 saturated carbocycles. The van der Waals surface area contributed by atoms with Crippen LogP contribution >= 0.6 is 11.8 Å². The second kappa shape index (κ2) is 6.79. The first kappa shape index (κ1) is 16.1. The van der Waals surface area contributed by atoms with E-state index in [1.807, 2.05) is 0 Å². The number of carboxylic acid groups (broad SMARTS) is 1. The number of halogens is 2. The number of nitrogens with zero attached hydrogens (tertiary/aromatic N) is 5. The molecular weight excluding hydrogens is 340 g/mol. The van der Waals surface area contributed by atoms with Crippen LogP contribution in [0.3, 0.4) is 0 Å². The third-order valence-corrected chi connectivity index (χ3v) is 3.95. The molecule has 0 radical (unpaired) electrons. The highest BCUT2D eigenvalue weighted by molar-refractivity contribution is 7.99. The number of hydrogen-bond acceptors (Lipinski definition) is 5. The largest absolute Gasteiger partial charge is 0.481 e. The van der Waals surface area contributed by atoms with Crippen molar-refractivity contribution in [3.63, 3.8) is 0 Å². The summed E-state index contributed by atoms with van der Waals surface area (Å²) in [6.45, 7) is 0.199. The normalized spacial score (nSPS) is 10.9. The Hall–Kier alpha value is -2.75. The summed E-state index contributed by atoms with van der Waals surface area (Å²) in [5.74, 6) is -2.46. The fourth-order valence-electron chi connectivity index (χ4n) is 2.07. The van der Waals surface area contributed by atoms with Crippen molar-refractivity contribution in [3.05, 3.63) is 54.1 Å². The van der Waals surface area contributed by atoms with Gasteiger partial charge < -0.3 is 5.11 Å². The first-order valence-electron chi connectivity index (χ1n) is 6.76. The second-order valence-corrected chi connectivity index (χ2v) is 5.66. The van der Waals surface area contributed by atoms with Crippen molar-refractivity contribution in [2.45, 2.75) is 11.7 Å². The first-order valence-corrected chi connectivity index (χ1v) is 7.75. The van der Waals surface area contributed by atoms with Gasteiger partial charge in [0.1, 0.15) is 18.2 Å². The zero-order valence-electron chi connectivity index (χ0n) is 12.1. The van der Waals surface area contributed by atoms with Crippen molar-refractivity contribution in [2.75, 3.05) is 5.75 Å². The third kappa shape index (κ3) is 3.43.